The number of phenolic OH excluding ortho intramolecular Hbond substituents is 1. The number of hydrogen-bond donors (Lipinski definition) is 2. The van der Waals surface area contributed by atoms with Crippen LogP contribution in [0.5, 0.6) is 5.75 Å². The van der Waals surface area contributed by atoms with E-state index in [1.54, 1.807) is 0 Å². The number of nitrogens with two attached hydrogens (primary N) is 1. The zero-order valence-corrected chi connectivity index (χ0v) is 8.92. The molecule has 1 aromatic carbocycles. The van der Waals surface area contributed by atoms with E-state index in [0.717, 1.165) is 37.8 Å². The highest BCUT2D eigenvalue weighted by Gasteiger charge is 2.27. The van der Waals surface area contributed by atoms with Crippen molar-refractivity contribution in [2.75, 3.05) is 0 Å². The van der Waals surface area contributed by atoms with E-state index in [0.29, 0.717) is 0 Å². The van der Waals surface area contributed by atoms with Crippen LogP contribution in [0.1, 0.15) is 37.3 Å². The van der Waals surface area contributed by atoms with Crippen molar-refractivity contribution in [1.29, 1.82) is 0 Å². The third-order valence-corrected chi connectivity index (χ3v) is 3.31. The molecule has 0 amide bonds. The molecule has 0 radical (unpaired) electrons. The van der Waals surface area contributed by atoms with E-state index >= 15 is 0 Å². The van der Waals surface area contributed by atoms with Gasteiger partial charge in [-0.05, 0) is 18.8 Å². The monoisotopic (exact) mass is 227 g/mol. The van der Waals surface area contributed by atoms with Crippen LogP contribution >= 0.6 is 0 Å². The maximum atomic E-state index is 13.5. The first-order chi connectivity index (χ1) is 7.59. The smallest absolute Gasteiger partial charge is 0.134 e. The molecule has 1 aromatic rings. The Labute approximate surface area is 93.1 Å². The van der Waals surface area contributed by atoms with Gasteiger partial charge in [-0.1, -0.05) is 12.8 Å². The summed E-state index contributed by atoms with van der Waals surface area (Å²) >= 11 is 0. The van der Waals surface area contributed by atoms with Crippen LogP contribution in [0.3, 0.4) is 0 Å². The lowest BCUT2D eigenvalue weighted by Gasteiger charge is -2.20. The summed E-state index contributed by atoms with van der Waals surface area (Å²) in [6.45, 7) is 0. The van der Waals surface area contributed by atoms with Gasteiger partial charge in [0.15, 0.2) is 0 Å². The standard InChI is InChI=1S/C12H15F2NO/c13-8-5-9(14)11(10(16)6-8)12(15)7-3-1-2-4-7/h5-7,12,16H,1-4,15H2/t12-/m0/s1. The Morgan fingerprint density at radius 1 is 1.25 bits per heavy atom. The summed E-state index contributed by atoms with van der Waals surface area (Å²) in [6.07, 6.45) is 4.05. The average molecular weight is 227 g/mol. The van der Waals surface area contributed by atoms with E-state index in [-0.39, 0.29) is 17.2 Å². The number of benzene rings is 1. The molecule has 0 unspecified atom stereocenters. The molecule has 0 heterocycles. The second kappa shape index (κ2) is 4.37. The van der Waals surface area contributed by atoms with Gasteiger partial charge in [-0.25, -0.2) is 8.78 Å². The van der Waals surface area contributed by atoms with E-state index < -0.39 is 17.7 Å². The molecule has 0 aliphatic heterocycles. The Kier molecular flexibility index (Phi) is 3.10. The fourth-order valence-electron chi connectivity index (χ4n) is 2.45. The van der Waals surface area contributed by atoms with Crippen LogP contribution < -0.4 is 5.73 Å². The molecule has 3 N–H and O–H groups in total. The first kappa shape index (κ1) is 11.3. The number of rotatable bonds is 2. The van der Waals surface area contributed by atoms with Crippen molar-refractivity contribution in [3.63, 3.8) is 0 Å². The van der Waals surface area contributed by atoms with E-state index in [2.05, 4.69) is 0 Å². The lowest BCUT2D eigenvalue weighted by Crippen LogP contribution is -2.20. The van der Waals surface area contributed by atoms with E-state index in [1.165, 1.54) is 0 Å². The summed E-state index contributed by atoms with van der Waals surface area (Å²) in [6, 6.07) is 1.14. The molecule has 1 saturated carbocycles. The summed E-state index contributed by atoms with van der Waals surface area (Å²) in [5, 5.41) is 9.54. The van der Waals surface area contributed by atoms with Crippen molar-refractivity contribution < 1.29 is 13.9 Å². The van der Waals surface area contributed by atoms with Crippen LogP contribution in [-0.2, 0) is 0 Å². The van der Waals surface area contributed by atoms with Gasteiger partial charge >= 0.3 is 0 Å². The quantitative estimate of drug-likeness (QED) is 0.816. The van der Waals surface area contributed by atoms with Crippen molar-refractivity contribution in [3.8, 4) is 5.75 Å². The average Bonchev–Trinajstić information content (AvgIpc) is 2.67. The van der Waals surface area contributed by atoms with E-state index in [4.69, 9.17) is 5.73 Å². The summed E-state index contributed by atoms with van der Waals surface area (Å²) in [7, 11) is 0. The van der Waals surface area contributed by atoms with Crippen molar-refractivity contribution in [1.82, 2.24) is 0 Å². The summed E-state index contributed by atoms with van der Waals surface area (Å²) < 4.78 is 26.3. The summed E-state index contributed by atoms with van der Waals surface area (Å²) in [5.41, 5.74) is 5.98. The number of hydrogen-bond acceptors (Lipinski definition) is 2. The molecule has 1 aliphatic rings. The molecular formula is C12H15F2NO. The minimum absolute atomic E-state index is 0.0494. The van der Waals surface area contributed by atoms with Crippen LogP contribution in [0, 0.1) is 17.6 Å². The zero-order chi connectivity index (χ0) is 11.7. The Balaban J connectivity index is 2.31. The molecular weight excluding hydrogens is 212 g/mol. The van der Waals surface area contributed by atoms with Gasteiger partial charge in [0.2, 0.25) is 0 Å². The van der Waals surface area contributed by atoms with Crippen molar-refractivity contribution in [3.05, 3.63) is 29.3 Å². The summed E-state index contributed by atoms with van der Waals surface area (Å²) in [5.74, 6) is -1.72. The first-order valence-electron chi connectivity index (χ1n) is 5.53. The number of halogens is 2. The summed E-state index contributed by atoms with van der Waals surface area (Å²) in [4.78, 5) is 0. The van der Waals surface area contributed by atoms with Crippen LogP contribution in [-0.4, -0.2) is 5.11 Å². The van der Waals surface area contributed by atoms with Gasteiger partial charge in [-0.3, -0.25) is 0 Å². The molecule has 1 fully saturated rings. The topological polar surface area (TPSA) is 46.2 Å². The van der Waals surface area contributed by atoms with Crippen molar-refractivity contribution >= 4 is 0 Å². The number of aromatic hydroxyl groups is 1. The fraction of sp³-hybridized carbons (Fsp3) is 0.500. The Bertz CT molecular complexity index is 366. The van der Waals surface area contributed by atoms with Gasteiger partial charge in [0.05, 0.1) is 0 Å². The minimum Gasteiger partial charge on any atom is -0.507 e. The molecule has 88 valence electrons. The lowest BCUT2D eigenvalue weighted by atomic mass is 9.91. The molecule has 16 heavy (non-hydrogen) atoms. The van der Waals surface area contributed by atoms with Gasteiger partial charge in [-0.15, -0.1) is 0 Å². The number of phenols is 1. The largest absolute Gasteiger partial charge is 0.507 e. The van der Waals surface area contributed by atoms with E-state index in [1.807, 2.05) is 0 Å². The lowest BCUT2D eigenvalue weighted by molar-refractivity contribution is 0.392. The maximum absolute atomic E-state index is 13.5. The first-order valence-corrected chi connectivity index (χ1v) is 5.53. The molecule has 1 aliphatic carbocycles. The molecule has 0 spiro atoms. The fourth-order valence-corrected chi connectivity index (χ4v) is 2.45. The highest BCUT2D eigenvalue weighted by molar-refractivity contribution is 5.37. The molecule has 2 nitrogen and oxygen atoms in total. The van der Waals surface area contributed by atoms with Gasteiger partial charge in [0.25, 0.3) is 0 Å². The van der Waals surface area contributed by atoms with Gasteiger partial charge in [0.1, 0.15) is 17.4 Å². The van der Waals surface area contributed by atoms with Crippen LogP contribution in [0.15, 0.2) is 12.1 Å². The molecule has 0 saturated heterocycles. The predicted octanol–water partition coefficient (Wildman–Crippen LogP) is 2.86. The normalized spacial score (nSPS) is 18.9. The second-order valence-corrected chi connectivity index (χ2v) is 4.39. The van der Waals surface area contributed by atoms with Gasteiger partial charge < -0.3 is 10.8 Å². The maximum Gasteiger partial charge on any atom is 0.134 e. The van der Waals surface area contributed by atoms with Crippen molar-refractivity contribution in [2.24, 2.45) is 11.7 Å². The predicted molar refractivity (Wildman–Crippen MR) is 56.9 cm³/mol. The highest BCUT2D eigenvalue weighted by Crippen LogP contribution is 2.38. The van der Waals surface area contributed by atoms with Crippen LogP contribution in [0.2, 0.25) is 0 Å². The molecule has 0 aromatic heterocycles. The Morgan fingerprint density at radius 2 is 1.88 bits per heavy atom. The van der Waals surface area contributed by atoms with E-state index in [9.17, 15) is 13.9 Å². The zero-order valence-electron chi connectivity index (χ0n) is 8.92. The molecule has 1 atom stereocenters. The van der Waals surface area contributed by atoms with Gasteiger partial charge in [0, 0.05) is 23.7 Å². The second-order valence-electron chi connectivity index (χ2n) is 4.39. The molecule has 0 bridgehead atoms. The Morgan fingerprint density at radius 3 is 2.44 bits per heavy atom. The van der Waals surface area contributed by atoms with Gasteiger partial charge in [-0.2, -0.15) is 0 Å². The third kappa shape index (κ3) is 2.02. The molecule has 2 rings (SSSR count). The van der Waals surface area contributed by atoms with Crippen LogP contribution in [0.4, 0.5) is 8.78 Å². The minimum atomic E-state index is -0.780. The highest BCUT2D eigenvalue weighted by atomic mass is 19.1. The molecule has 4 heteroatoms. The SMILES string of the molecule is N[C@H](c1c(O)cc(F)cc1F)C1CCCC1. The Hall–Kier alpha value is -1.16. The third-order valence-electron chi connectivity index (χ3n) is 3.31. The van der Waals surface area contributed by atoms with Crippen molar-refractivity contribution in [2.45, 2.75) is 31.7 Å². The van der Waals surface area contributed by atoms with Crippen LogP contribution in [0.25, 0.3) is 0 Å².